The lowest BCUT2D eigenvalue weighted by Gasteiger charge is -2.24. The number of aryl methyl sites for hydroxylation is 1. The van der Waals surface area contributed by atoms with Crippen LogP contribution in [0, 0.1) is 5.92 Å². The number of piperidine rings is 1. The van der Waals surface area contributed by atoms with E-state index in [1.807, 2.05) is 0 Å². The lowest BCUT2D eigenvalue weighted by molar-refractivity contribution is -0.126. The maximum Gasteiger partial charge on any atom is 0.223 e. The number of carbonyl (C=O) groups excluding carboxylic acids is 1. The van der Waals surface area contributed by atoms with Gasteiger partial charge in [-0.25, -0.2) is 0 Å². The third-order valence-electron chi connectivity index (χ3n) is 3.88. The first kappa shape index (κ1) is 18.5. The third-order valence-corrected chi connectivity index (χ3v) is 4.41. The Balaban J connectivity index is 0.00000220. The summed E-state index contributed by atoms with van der Waals surface area (Å²) in [4.78, 5) is 12.1. The number of amides is 1. The highest BCUT2D eigenvalue weighted by molar-refractivity contribution is 9.10. The van der Waals surface area contributed by atoms with Crippen molar-refractivity contribution in [2.24, 2.45) is 5.92 Å². The summed E-state index contributed by atoms with van der Waals surface area (Å²) in [5.41, 5.74) is 1.32. The number of benzene rings is 1. The van der Waals surface area contributed by atoms with Crippen molar-refractivity contribution in [3.8, 4) is 0 Å². The first-order valence-electron chi connectivity index (χ1n) is 7.40. The monoisotopic (exact) mass is 374 g/mol. The topological polar surface area (TPSA) is 41.1 Å². The first-order valence-corrected chi connectivity index (χ1v) is 8.20. The van der Waals surface area contributed by atoms with Crippen LogP contribution in [0.4, 0.5) is 0 Å². The highest BCUT2D eigenvalue weighted by atomic mass is 79.9. The minimum absolute atomic E-state index is 0. The molecule has 118 valence electrons. The lowest BCUT2D eigenvalue weighted by atomic mass is 9.96. The van der Waals surface area contributed by atoms with Crippen LogP contribution in [0.5, 0.6) is 0 Å². The van der Waals surface area contributed by atoms with Crippen LogP contribution in [0.3, 0.4) is 0 Å². The first-order chi connectivity index (χ1) is 9.65. The van der Waals surface area contributed by atoms with Gasteiger partial charge in [-0.15, -0.1) is 12.4 Å². The molecule has 5 heteroatoms. The molecule has 0 aliphatic carbocycles. The molecule has 0 saturated carbocycles. The Morgan fingerprint density at radius 1 is 1.33 bits per heavy atom. The van der Waals surface area contributed by atoms with E-state index >= 15 is 0 Å². The molecule has 0 aromatic heterocycles. The van der Waals surface area contributed by atoms with Gasteiger partial charge >= 0.3 is 0 Å². The second-order valence-electron chi connectivity index (χ2n) is 5.60. The standard InChI is InChI=1S/C16H23BrN2O.ClH/c1-12(2-3-13-4-6-15(17)7-5-13)19-16(20)14-8-10-18-11-9-14;/h4-7,12,14,18H,2-3,8-11H2,1H3,(H,19,20);1H. The van der Waals surface area contributed by atoms with Crippen LogP contribution in [-0.4, -0.2) is 25.0 Å². The number of nitrogens with one attached hydrogen (secondary N) is 2. The Kier molecular flexibility index (Phi) is 8.30. The van der Waals surface area contributed by atoms with Crippen LogP contribution in [0.1, 0.15) is 31.7 Å². The molecule has 1 aliphatic rings. The molecule has 1 fully saturated rings. The molecule has 1 aromatic carbocycles. The molecule has 21 heavy (non-hydrogen) atoms. The minimum atomic E-state index is 0. The molecule has 3 nitrogen and oxygen atoms in total. The molecule has 1 saturated heterocycles. The molecule has 2 N–H and O–H groups in total. The fourth-order valence-electron chi connectivity index (χ4n) is 2.55. The zero-order chi connectivity index (χ0) is 14.4. The summed E-state index contributed by atoms with van der Waals surface area (Å²) >= 11 is 3.44. The van der Waals surface area contributed by atoms with E-state index in [2.05, 4.69) is 57.8 Å². The maximum absolute atomic E-state index is 12.1. The largest absolute Gasteiger partial charge is 0.353 e. The van der Waals surface area contributed by atoms with E-state index in [4.69, 9.17) is 0 Å². The third kappa shape index (κ3) is 6.37. The fourth-order valence-corrected chi connectivity index (χ4v) is 2.82. The molecule has 1 atom stereocenters. The van der Waals surface area contributed by atoms with Crippen LogP contribution in [0.15, 0.2) is 28.7 Å². The Labute approximate surface area is 141 Å². The van der Waals surface area contributed by atoms with Gasteiger partial charge in [-0.05, 0) is 63.4 Å². The van der Waals surface area contributed by atoms with E-state index in [0.717, 1.165) is 43.2 Å². The molecule has 0 spiro atoms. The van der Waals surface area contributed by atoms with E-state index in [1.54, 1.807) is 0 Å². The number of carbonyl (C=O) groups is 1. The predicted molar refractivity (Wildman–Crippen MR) is 92.9 cm³/mol. The maximum atomic E-state index is 12.1. The SMILES string of the molecule is CC(CCc1ccc(Br)cc1)NC(=O)C1CCNCC1.Cl. The predicted octanol–water partition coefficient (Wildman–Crippen LogP) is 3.31. The average Bonchev–Trinajstić information content (AvgIpc) is 2.47. The Bertz CT molecular complexity index is 432. The van der Waals surface area contributed by atoms with E-state index in [9.17, 15) is 4.79 Å². The van der Waals surface area contributed by atoms with Crippen molar-refractivity contribution in [2.45, 2.75) is 38.6 Å². The summed E-state index contributed by atoms with van der Waals surface area (Å²) in [6, 6.07) is 8.62. The fraction of sp³-hybridized carbons (Fsp3) is 0.562. The normalized spacial score (nSPS) is 16.9. The van der Waals surface area contributed by atoms with E-state index in [0.29, 0.717) is 0 Å². The second kappa shape index (κ2) is 9.44. The summed E-state index contributed by atoms with van der Waals surface area (Å²) in [6.45, 7) is 4.02. The molecule has 0 radical (unpaired) electrons. The van der Waals surface area contributed by atoms with Crippen LogP contribution < -0.4 is 10.6 Å². The minimum Gasteiger partial charge on any atom is -0.353 e. The van der Waals surface area contributed by atoms with Gasteiger partial charge in [-0.2, -0.15) is 0 Å². The van der Waals surface area contributed by atoms with E-state index < -0.39 is 0 Å². The Hall–Kier alpha value is -0.580. The molecule has 1 unspecified atom stereocenters. The quantitative estimate of drug-likeness (QED) is 0.829. The van der Waals surface area contributed by atoms with Crippen molar-refractivity contribution in [2.75, 3.05) is 13.1 Å². The van der Waals surface area contributed by atoms with Gasteiger partial charge in [0.2, 0.25) is 5.91 Å². The molecular weight excluding hydrogens is 352 g/mol. The van der Waals surface area contributed by atoms with Crippen LogP contribution in [0.2, 0.25) is 0 Å². The Morgan fingerprint density at radius 3 is 2.57 bits per heavy atom. The summed E-state index contributed by atoms with van der Waals surface area (Å²) in [5, 5.41) is 6.45. The highest BCUT2D eigenvalue weighted by Gasteiger charge is 2.21. The molecule has 2 rings (SSSR count). The van der Waals surface area contributed by atoms with E-state index in [-0.39, 0.29) is 30.3 Å². The summed E-state index contributed by atoms with van der Waals surface area (Å²) in [5.74, 6) is 0.432. The van der Waals surface area contributed by atoms with Crippen molar-refractivity contribution in [1.29, 1.82) is 0 Å². The number of hydrogen-bond acceptors (Lipinski definition) is 2. The van der Waals surface area contributed by atoms with Crippen molar-refractivity contribution in [1.82, 2.24) is 10.6 Å². The molecule has 1 heterocycles. The van der Waals surface area contributed by atoms with Gasteiger partial charge in [0.05, 0.1) is 0 Å². The van der Waals surface area contributed by atoms with Gasteiger partial charge < -0.3 is 10.6 Å². The number of hydrogen-bond donors (Lipinski definition) is 2. The van der Waals surface area contributed by atoms with Gasteiger partial charge in [-0.3, -0.25) is 4.79 Å². The number of halogens is 2. The zero-order valence-corrected chi connectivity index (χ0v) is 14.8. The smallest absolute Gasteiger partial charge is 0.223 e. The second-order valence-corrected chi connectivity index (χ2v) is 6.51. The Morgan fingerprint density at radius 2 is 1.95 bits per heavy atom. The van der Waals surface area contributed by atoms with Gasteiger partial charge in [0, 0.05) is 16.4 Å². The van der Waals surface area contributed by atoms with Gasteiger partial charge in [0.25, 0.3) is 0 Å². The molecule has 1 aromatic rings. The molecule has 0 bridgehead atoms. The van der Waals surface area contributed by atoms with Crippen LogP contribution in [-0.2, 0) is 11.2 Å². The number of rotatable bonds is 5. The lowest BCUT2D eigenvalue weighted by Crippen LogP contribution is -2.41. The highest BCUT2D eigenvalue weighted by Crippen LogP contribution is 2.14. The van der Waals surface area contributed by atoms with Crippen molar-refractivity contribution in [3.63, 3.8) is 0 Å². The van der Waals surface area contributed by atoms with Crippen LogP contribution in [0.25, 0.3) is 0 Å². The molecule has 1 aliphatic heterocycles. The van der Waals surface area contributed by atoms with Gasteiger partial charge in [0.15, 0.2) is 0 Å². The van der Waals surface area contributed by atoms with Crippen molar-refractivity contribution < 1.29 is 4.79 Å². The van der Waals surface area contributed by atoms with E-state index in [1.165, 1.54) is 5.56 Å². The van der Waals surface area contributed by atoms with Crippen LogP contribution >= 0.6 is 28.3 Å². The summed E-state index contributed by atoms with van der Waals surface area (Å²) in [6.07, 6.45) is 3.91. The average molecular weight is 376 g/mol. The summed E-state index contributed by atoms with van der Waals surface area (Å²) < 4.78 is 1.11. The van der Waals surface area contributed by atoms with Crippen molar-refractivity contribution >= 4 is 34.2 Å². The van der Waals surface area contributed by atoms with Gasteiger partial charge in [0.1, 0.15) is 0 Å². The van der Waals surface area contributed by atoms with Crippen molar-refractivity contribution in [3.05, 3.63) is 34.3 Å². The molecular formula is C16H24BrClN2O. The zero-order valence-electron chi connectivity index (χ0n) is 12.4. The molecule has 1 amide bonds. The summed E-state index contributed by atoms with van der Waals surface area (Å²) in [7, 11) is 0. The van der Waals surface area contributed by atoms with Gasteiger partial charge in [-0.1, -0.05) is 28.1 Å².